The molecule has 0 fully saturated rings. The Morgan fingerprint density at radius 3 is 2.11 bits per heavy atom. The molecule has 1 amide bonds. The highest BCUT2D eigenvalue weighted by Crippen LogP contribution is 2.15. The van der Waals surface area contributed by atoms with Crippen molar-refractivity contribution < 1.29 is 19.4 Å². The summed E-state index contributed by atoms with van der Waals surface area (Å²) in [4.78, 5) is 24.0. The summed E-state index contributed by atoms with van der Waals surface area (Å²) in [7, 11) is 1.67. The number of amides is 1. The average molecular weight is 259 g/mol. The number of rotatable bonds is 5. The summed E-state index contributed by atoms with van der Waals surface area (Å²) in [6.07, 6.45) is 0.810. The second kappa shape index (κ2) is 6.61. The van der Waals surface area contributed by atoms with Gasteiger partial charge in [0, 0.05) is 13.1 Å². The average Bonchev–Trinajstić information content (AvgIpc) is 2.21. The van der Waals surface area contributed by atoms with E-state index in [1.54, 1.807) is 14.0 Å². The van der Waals surface area contributed by atoms with Crippen LogP contribution in [0.25, 0.3) is 0 Å². The minimum atomic E-state index is -0.804. The van der Waals surface area contributed by atoms with E-state index in [2.05, 4.69) is 0 Å². The van der Waals surface area contributed by atoms with Crippen molar-refractivity contribution in [3.63, 3.8) is 0 Å². The molecule has 0 spiro atoms. The molecule has 0 heterocycles. The normalized spacial score (nSPS) is 14.8. The van der Waals surface area contributed by atoms with Crippen molar-refractivity contribution in [3.8, 4) is 0 Å². The maximum Gasteiger partial charge on any atom is 0.410 e. The van der Waals surface area contributed by atoms with Gasteiger partial charge in [-0.3, -0.25) is 4.79 Å². The second-order valence-corrected chi connectivity index (χ2v) is 5.76. The van der Waals surface area contributed by atoms with Crippen LogP contribution in [-0.2, 0) is 9.53 Å². The monoisotopic (exact) mass is 259 g/mol. The SMILES string of the molecule is C[C@@H](CC[C@H](C)N(C)C(=O)OC(C)(C)C)C(=O)O. The molecule has 0 aromatic carbocycles. The third-order valence-electron chi connectivity index (χ3n) is 2.78. The number of ether oxygens (including phenoxy) is 1. The first kappa shape index (κ1) is 16.7. The van der Waals surface area contributed by atoms with Crippen LogP contribution in [0.1, 0.15) is 47.5 Å². The number of nitrogens with zero attached hydrogens (tertiary/aromatic N) is 1. The van der Waals surface area contributed by atoms with Gasteiger partial charge < -0.3 is 14.7 Å². The van der Waals surface area contributed by atoms with Crippen LogP contribution in [-0.4, -0.2) is 40.8 Å². The van der Waals surface area contributed by atoms with Crippen molar-refractivity contribution in [2.75, 3.05) is 7.05 Å². The molecule has 5 nitrogen and oxygen atoms in total. The number of carboxylic acids is 1. The molecule has 2 atom stereocenters. The van der Waals surface area contributed by atoms with Crippen molar-refractivity contribution in [3.05, 3.63) is 0 Å². The lowest BCUT2D eigenvalue weighted by atomic mass is 10.0. The molecule has 0 aromatic rings. The van der Waals surface area contributed by atoms with Crippen LogP contribution in [0, 0.1) is 5.92 Å². The fourth-order valence-electron chi connectivity index (χ4n) is 1.32. The number of hydrogen-bond acceptors (Lipinski definition) is 3. The lowest BCUT2D eigenvalue weighted by Crippen LogP contribution is -2.39. The lowest BCUT2D eigenvalue weighted by Gasteiger charge is -2.29. The molecule has 0 rings (SSSR count). The number of hydrogen-bond donors (Lipinski definition) is 1. The Morgan fingerprint density at radius 2 is 1.72 bits per heavy atom. The van der Waals surface area contributed by atoms with Crippen molar-refractivity contribution >= 4 is 12.1 Å². The van der Waals surface area contributed by atoms with E-state index in [1.165, 1.54) is 4.90 Å². The van der Waals surface area contributed by atoms with Crippen molar-refractivity contribution in [2.24, 2.45) is 5.92 Å². The van der Waals surface area contributed by atoms with Gasteiger partial charge in [-0.1, -0.05) is 6.92 Å². The fraction of sp³-hybridized carbons (Fsp3) is 0.846. The first-order valence-corrected chi connectivity index (χ1v) is 6.23. The Labute approximate surface area is 109 Å². The maximum atomic E-state index is 11.8. The number of aliphatic carboxylic acids is 1. The summed E-state index contributed by atoms with van der Waals surface area (Å²) in [5.41, 5.74) is -0.514. The minimum Gasteiger partial charge on any atom is -0.481 e. The van der Waals surface area contributed by atoms with Crippen LogP contribution in [0.3, 0.4) is 0 Å². The molecule has 0 saturated heterocycles. The standard InChI is InChI=1S/C13H25NO4/c1-9(11(15)16)7-8-10(2)14(6)12(17)18-13(3,4)5/h9-10H,7-8H2,1-6H3,(H,15,16)/t9-,10-/m0/s1. The van der Waals surface area contributed by atoms with Crippen molar-refractivity contribution in [1.82, 2.24) is 4.90 Å². The minimum absolute atomic E-state index is 0.0401. The number of carbonyl (C=O) groups is 2. The molecule has 18 heavy (non-hydrogen) atoms. The molecule has 0 saturated carbocycles. The van der Waals surface area contributed by atoms with Gasteiger partial charge in [0.05, 0.1) is 5.92 Å². The van der Waals surface area contributed by atoms with Gasteiger partial charge in [-0.05, 0) is 40.5 Å². The Kier molecular flexibility index (Phi) is 6.15. The zero-order valence-electron chi connectivity index (χ0n) is 12.2. The topological polar surface area (TPSA) is 66.8 Å². The summed E-state index contributed by atoms with van der Waals surface area (Å²) < 4.78 is 5.25. The Morgan fingerprint density at radius 1 is 1.22 bits per heavy atom. The van der Waals surface area contributed by atoms with Crippen LogP contribution in [0.15, 0.2) is 0 Å². The quantitative estimate of drug-likeness (QED) is 0.824. The smallest absolute Gasteiger partial charge is 0.410 e. The highest BCUT2D eigenvalue weighted by molar-refractivity contribution is 5.69. The van der Waals surface area contributed by atoms with Crippen molar-refractivity contribution in [1.29, 1.82) is 0 Å². The van der Waals surface area contributed by atoms with Crippen LogP contribution in [0.2, 0.25) is 0 Å². The third-order valence-corrected chi connectivity index (χ3v) is 2.78. The van der Waals surface area contributed by atoms with Gasteiger partial charge in [0.15, 0.2) is 0 Å². The van der Waals surface area contributed by atoms with E-state index in [0.717, 1.165) is 0 Å². The molecule has 106 valence electrons. The molecule has 0 aliphatic heterocycles. The molecule has 1 N–H and O–H groups in total. The van der Waals surface area contributed by atoms with E-state index in [1.807, 2.05) is 27.7 Å². The Bertz CT molecular complexity index is 296. The van der Waals surface area contributed by atoms with E-state index < -0.39 is 11.6 Å². The van der Waals surface area contributed by atoms with E-state index >= 15 is 0 Å². The van der Waals surface area contributed by atoms with Crippen LogP contribution < -0.4 is 0 Å². The summed E-state index contributed by atoms with van der Waals surface area (Å²) in [6, 6.07) is -0.0401. The predicted octanol–water partition coefficient (Wildman–Crippen LogP) is 2.74. The molecule has 0 aromatic heterocycles. The van der Waals surface area contributed by atoms with Crippen molar-refractivity contribution in [2.45, 2.75) is 59.1 Å². The van der Waals surface area contributed by atoms with Gasteiger partial charge >= 0.3 is 12.1 Å². The molecule has 0 aliphatic carbocycles. The molecule has 0 unspecified atom stereocenters. The molecular weight excluding hydrogens is 234 g/mol. The molecular formula is C13H25NO4. The van der Waals surface area contributed by atoms with E-state index in [0.29, 0.717) is 12.8 Å². The maximum absolute atomic E-state index is 11.8. The van der Waals surface area contributed by atoms with Crippen LogP contribution >= 0.6 is 0 Å². The number of carbonyl (C=O) groups excluding carboxylic acids is 1. The van der Waals surface area contributed by atoms with Gasteiger partial charge in [0.25, 0.3) is 0 Å². The van der Waals surface area contributed by atoms with E-state index in [4.69, 9.17) is 9.84 Å². The largest absolute Gasteiger partial charge is 0.481 e. The zero-order valence-corrected chi connectivity index (χ0v) is 12.2. The zero-order chi connectivity index (χ0) is 14.5. The fourth-order valence-corrected chi connectivity index (χ4v) is 1.32. The lowest BCUT2D eigenvalue weighted by molar-refractivity contribution is -0.141. The Hall–Kier alpha value is -1.26. The van der Waals surface area contributed by atoms with Gasteiger partial charge in [0.2, 0.25) is 0 Å². The van der Waals surface area contributed by atoms with Gasteiger partial charge in [-0.15, -0.1) is 0 Å². The van der Waals surface area contributed by atoms with E-state index in [-0.39, 0.29) is 18.1 Å². The van der Waals surface area contributed by atoms with Crippen LogP contribution in [0.5, 0.6) is 0 Å². The first-order valence-electron chi connectivity index (χ1n) is 6.23. The molecule has 0 radical (unpaired) electrons. The van der Waals surface area contributed by atoms with Gasteiger partial charge in [-0.25, -0.2) is 4.79 Å². The second-order valence-electron chi connectivity index (χ2n) is 5.76. The van der Waals surface area contributed by atoms with Gasteiger partial charge in [-0.2, -0.15) is 0 Å². The molecule has 5 heteroatoms. The summed E-state index contributed by atoms with van der Waals surface area (Å²) in [5.74, 6) is -1.19. The first-order chi connectivity index (χ1) is 8.04. The highest BCUT2D eigenvalue weighted by atomic mass is 16.6. The summed E-state index contributed by atoms with van der Waals surface area (Å²) in [5, 5.41) is 8.79. The third kappa shape index (κ3) is 6.47. The Balaban J connectivity index is 4.22. The predicted molar refractivity (Wildman–Crippen MR) is 69.5 cm³/mol. The van der Waals surface area contributed by atoms with Gasteiger partial charge in [0.1, 0.15) is 5.60 Å². The van der Waals surface area contributed by atoms with Crippen LogP contribution in [0.4, 0.5) is 4.79 Å². The number of carboxylic acid groups (broad SMARTS) is 1. The summed E-state index contributed by atoms with van der Waals surface area (Å²) >= 11 is 0. The molecule has 0 aliphatic rings. The molecule has 0 bridgehead atoms. The highest BCUT2D eigenvalue weighted by Gasteiger charge is 2.23. The van der Waals surface area contributed by atoms with E-state index in [9.17, 15) is 9.59 Å². The summed E-state index contributed by atoms with van der Waals surface area (Å²) in [6.45, 7) is 9.00.